The number of hydrogen-bond donors (Lipinski definition) is 1. The zero-order valence-electron chi connectivity index (χ0n) is 18.7. The molecule has 2 aromatic carbocycles. The van der Waals surface area contributed by atoms with Crippen LogP contribution in [0.2, 0.25) is 5.02 Å². The molecule has 0 atom stereocenters. The van der Waals surface area contributed by atoms with Crippen LogP contribution in [0.3, 0.4) is 0 Å². The number of nitrogens with zero attached hydrogens (tertiary/aromatic N) is 3. The van der Waals surface area contributed by atoms with Crippen molar-refractivity contribution in [2.75, 3.05) is 42.9 Å². The largest absolute Gasteiger partial charge is 0.353 e. The van der Waals surface area contributed by atoms with Gasteiger partial charge in [0.25, 0.3) is 0 Å². The molecule has 3 heterocycles. The maximum atomic E-state index is 12.0. The number of amides is 1. The molecule has 1 N–H and O–H groups in total. The third-order valence-corrected chi connectivity index (χ3v) is 7.83. The lowest BCUT2D eigenvalue weighted by molar-refractivity contribution is -0.117. The van der Waals surface area contributed by atoms with Gasteiger partial charge in [-0.3, -0.25) is 9.69 Å². The number of halogens is 1. The second-order valence-corrected chi connectivity index (χ2v) is 10.8. The van der Waals surface area contributed by atoms with Crippen LogP contribution in [-0.4, -0.2) is 47.9 Å². The van der Waals surface area contributed by atoms with Crippen molar-refractivity contribution in [3.8, 4) is 0 Å². The molecule has 5 nitrogen and oxygen atoms in total. The minimum atomic E-state index is -0.187. The van der Waals surface area contributed by atoms with Crippen molar-refractivity contribution >= 4 is 50.6 Å². The van der Waals surface area contributed by atoms with Crippen LogP contribution in [0.15, 0.2) is 36.4 Å². The van der Waals surface area contributed by atoms with E-state index in [1.165, 1.54) is 15.6 Å². The minimum Gasteiger partial charge on any atom is -0.353 e. The summed E-state index contributed by atoms with van der Waals surface area (Å²) >= 11 is 8.13. The topological polar surface area (TPSA) is 48.5 Å². The predicted molar refractivity (Wildman–Crippen MR) is 134 cm³/mol. The van der Waals surface area contributed by atoms with Gasteiger partial charge in [0.1, 0.15) is 5.82 Å². The number of piperazine rings is 1. The van der Waals surface area contributed by atoms with Crippen LogP contribution >= 0.6 is 23.1 Å². The third kappa shape index (κ3) is 4.24. The van der Waals surface area contributed by atoms with Crippen molar-refractivity contribution < 1.29 is 4.79 Å². The fourth-order valence-corrected chi connectivity index (χ4v) is 6.02. The summed E-state index contributed by atoms with van der Waals surface area (Å²) in [5.41, 5.74) is 3.02. The Morgan fingerprint density at radius 1 is 1.16 bits per heavy atom. The number of aryl methyl sites for hydroxylation is 1. The van der Waals surface area contributed by atoms with Gasteiger partial charge < -0.3 is 10.2 Å². The lowest BCUT2D eigenvalue weighted by Gasteiger charge is -2.35. The van der Waals surface area contributed by atoms with Crippen molar-refractivity contribution in [3.63, 3.8) is 0 Å². The van der Waals surface area contributed by atoms with Crippen LogP contribution in [0.1, 0.15) is 37.8 Å². The molecule has 5 rings (SSSR count). The van der Waals surface area contributed by atoms with E-state index in [1.807, 2.05) is 6.07 Å². The molecule has 0 spiro atoms. The van der Waals surface area contributed by atoms with Crippen LogP contribution in [-0.2, 0) is 16.6 Å². The highest BCUT2D eigenvalue weighted by atomic mass is 35.5. The maximum Gasteiger partial charge on any atom is 0.225 e. The monoisotopic (exact) mass is 468 g/mol. The Hall–Kier alpha value is -2.15. The smallest absolute Gasteiger partial charge is 0.225 e. The van der Waals surface area contributed by atoms with Crippen LogP contribution in [0, 0.1) is 0 Å². The van der Waals surface area contributed by atoms with Gasteiger partial charge in [-0.1, -0.05) is 43.6 Å². The first-order valence-corrected chi connectivity index (χ1v) is 12.5. The first-order valence-electron chi connectivity index (χ1n) is 11.4. The van der Waals surface area contributed by atoms with Crippen molar-refractivity contribution in [3.05, 3.63) is 52.5 Å². The number of benzene rings is 2. The van der Waals surface area contributed by atoms with Gasteiger partial charge in [0.2, 0.25) is 5.91 Å². The van der Waals surface area contributed by atoms with E-state index in [2.05, 4.69) is 59.3 Å². The van der Waals surface area contributed by atoms with E-state index >= 15 is 0 Å². The molecular weight excluding hydrogens is 440 g/mol. The lowest BCUT2D eigenvalue weighted by atomic mass is 9.77. The summed E-state index contributed by atoms with van der Waals surface area (Å²) in [6.07, 6.45) is 2.59. The van der Waals surface area contributed by atoms with Crippen molar-refractivity contribution in [2.45, 2.75) is 38.5 Å². The first-order chi connectivity index (χ1) is 15.4. The number of nitrogens with one attached hydrogen (secondary N) is 1. The maximum absolute atomic E-state index is 12.0. The Morgan fingerprint density at radius 2 is 1.94 bits per heavy atom. The van der Waals surface area contributed by atoms with Crippen LogP contribution < -0.4 is 10.2 Å². The molecule has 0 bridgehead atoms. The van der Waals surface area contributed by atoms with E-state index < -0.39 is 0 Å². The van der Waals surface area contributed by atoms with Crippen LogP contribution in [0.25, 0.3) is 10.1 Å². The lowest BCUT2D eigenvalue weighted by Crippen LogP contribution is -2.46. The SMILES string of the molecule is CC1(C)CC(=O)Nc2c(Cl)cc(CCCN3CCN(c4nsc5ccccc45)CC3)cc21. The van der Waals surface area contributed by atoms with Crippen molar-refractivity contribution in [2.24, 2.45) is 0 Å². The molecule has 1 fully saturated rings. The second-order valence-electron chi connectivity index (χ2n) is 9.54. The number of anilines is 2. The summed E-state index contributed by atoms with van der Waals surface area (Å²) in [7, 11) is 0. The molecule has 32 heavy (non-hydrogen) atoms. The highest BCUT2D eigenvalue weighted by molar-refractivity contribution is 7.13. The molecule has 1 saturated heterocycles. The molecule has 168 valence electrons. The van der Waals surface area contributed by atoms with E-state index in [0.717, 1.165) is 62.6 Å². The summed E-state index contributed by atoms with van der Waals surface area (Å²) in [6, 6.07) is 12.8. The Labute approximate surface area is 198 Å². The van der Waals surface area contributed by atoms with Gasteiger partial charge in [0.15, 0.2) is 0 Å². The summed E-state index contributed by atoms with van der Waals surface area (Å²) < 4.78 is 5.98. The fourth-order valence-electron chi connectivity index (χ4n) is 4.94. The van der Waals surface area contributed by atoms with Crippen LogP contribution in [0.4, 0.5) is 11.5 Å². The Kier molecular flexibility index (Phi) is 5.86. The third-order valence-electron chi connectivity index (χ3n) is 6.72. The van der Waals surface area contributed by atoms with Gasteiger partial charge in [-0.2, -0.15) is 4.37 Å². The Bertz CT molecular complexity index is 1150. The molecule has 7 heteroatoms. The highest BCUT2D eigenvalue weighted by Gasteiger charge is 2.33. The zero-order valence-corrected chi connectivity index (χ0v) is 20.2. The number of carbonyl (C=O) groups excluding carboxylic acids is 1. The molecule has 0 aliphatic carbocycles. The van der Waals surface area contributed by atoms with Gasteiger partial charge in [-0.25, -0.2) is 0 Å². The van der Waals surface area contributed by atoms with Crippen LogP contribution in [0.5, 0.6) is 0 Å². The molecule has 0 radical (unpaired) electrons. The molecule has 1 aromatic heterocycles. The summed E-state index contributed by atoms with van der Waals surface area (Å²) in [5, 5.41) is 4.89. The molecule has 2 aliphatic heterocycles. The number of aromatic nitrogens is 1. The van der Waals surface area contributed by atoms with E-state index in [4.69, 9.17) is 16.0 Å². The average molecular weight is 469 g/mol. The second kappa shape index (κ2) is 8.65. The molecule has 2 aliphatic rings. The summed E-state index contributed by atoms with van der Waals surface area (Å²) in [5.74, 6) is 1.19. The van der Waals surface area contributed by atoms with Crippen molar-refractivity contribution in [1.82, 2.24) is 9.27 Å². The van der Waals surface area contributed by atoms with Gasteiger partial charge in [-0.05, 0) is 60.2 Å². The number of fused-ring (bicyclic) bond motifs is 2. The summed E-state index contributed by atoms with van der Waals surface area (Å²) in [6.45, 7) is 9.50. The summed E-state index contributed by atoms with van der Waals surface area (Å²) in [4.78, 5) is 17.0. The number of rotatable bonds is 5. The van der Waals surface area contributed by atoms with E-state index in [0.29, 0.717) is 11.4 Å². The highest BCUT2D eigenvalue weighted by Crippen LogP contribution is 2.41. The van der Waals surface area contributed by atoms with Gasteiger partial charge in [0, 0.05) is 43.4 Å². The average Bonchev–Trinajstić information content (AvgIpc) is 3.19. The quantitative estimate of drug-likeness (QED) is 0.550. The molecule has 3 aromatic rings. The van der Waals surface area contributed by atoms with Crippen molar-refractivity contribution in [1.29, 1.82) is 0 Å². The standard InChI is InChI=1S/C25H29ClN4OS/c1-25(2)16-22(31)27-23-19(25)14-17(15-20(23)26)6-5-9-29-10-12-30(13-11-29)24-18-7-3-4-8-21(18)32-28-24/h3-4,7-8,14-15H,5-6,9-13,16H2,1-2H3,(H,27,31). The number of hydrogen-bond acceptors (Lipinski definition) is 5. The molecule has 1 amide bonds. The molecular formula is C25H29ClN4OS. The molecule has 0 saturated carbocycles. The Morgan fingerprint density at radius 3 is 2.75 bits per heavy atom. The van der Waals surface area contributed by atoms with E-state index in [9.17, 15) is 4.79 Å². The van der Waals surface area contributed by atoms with E-state index in [-0.39, 0.29) is 11.3 Å². The van der Waals surface area contributed by atoms with Gasteiger partial charge in [0.05, 0.1) is 15.4 Å². The van der Waals surface area contributed by atoms with E-state index in [1.54, 1.807) is 11.5 Å². The minimum absolute atomic E-state index is 0.0435. The first kappa shape index (κ1) is 21.7. The van der Waals surface area contributed by atoms with Gasteiger partial charge in [-0.15, -0.1) is 0 Å². The zero-order chi connectivity index (χ0) is 22.3. The predicted octanol–water partition coefficient (Wildman–Crippen LogP) is 5.32. The number of carbonyl (C=O) groups is 1. The molecule has 0 unspecified atom stereocenters. The fraction of sp³-hybridized carbons (Fsp3) is 0.440. The Balaban J connectivity index is 1.17. The van der Waals surface area contributed by atoms with Gasteiger partial charge >= 0.3 is 0 Å². The normalized spacial score (nSPS) is 18.6.